The van der Waals surface area contributed by atoms with Crippen molar-refractivity contribution in [1.82, 2.24) is 15.1 Å². The average molecular weight is 241 g/mol. The minimum Gasteiger partial charge on any atom is -0.394 e. The Morgan fingerprint density at radius 3 is 2.46 bits per heavy atom. The van der Waals surface area contributed by atoms with Gasteiger partial charge in [-0.15, -0.1) is 0 Å². The van der Waals surface area contributed by atoms with Crippen molar-refractivity contribution in [2.75, 3.05) is 5.73 Å². The first-order valence-corrected chi connectivity index (χ1v) is 4.25. The smallest absolute Gasteiger partial charge is 0.226 e. The molecule has 0 amide bonds. The number of halogens is 1. The van der Waals surface area contributed by atoms with Gasteiger partial charge >= 0.3 is 0 Å². The van der Waals surface area contributed by atoms with Gasteiger partial charge in [0.2, 0.25) is 11.6 Å². The van der Waals surface area contributed by atoms with Crippen LogP contribution in [0.1, 0.15) is 0 Å². The van der Waals surface area contributed by atoms with Crippen molar-refractivity contribution in [3.05, 3.63) is 23.1 Å². The summed E-state index contributed by atoms with van der Waals surface area (Å²) in [6, 6.07) is 0. The molecule has 66 valence electrons. The van der Waals surface area contributed by atoms with Crippen molar-refractivity contribution in [2.45, 2.75) is 0 Å². The first-order chi connectivity index (χ1) is 6.27. The maximum Gasteiger partial charge on any atom is 0.226 e. The fourth-order valence-electron chi connectivity index (χ4n) is 0.847. The number of hydrogen-bond acceptors (Lipinski definition) is 5. The molecule has 0 spiro atoms. The first kappa shape index (κ1) is 8.18. The molecule has 0 saturated carbocycles. The quantitative estimate of drug-likeness (QED) is 0.817. The summed E-state index contributed by atoms with van der Waals surface area (Å²) in [5.74, 6) is 0.825. The molecule has 0 aliphatic rings. The standard InChI is InChI=1S/C7H5BrN4O/c8-4-1-10-7(11-2-4)6-5(9)3-12-13-6/h1-3H,9H2. The number of rotatable bonds is 1. The van der Waals surface area contributed by atoms with Gasteiger partial charge in [0.25, 0.3) is 0 Å². The van der Waals surface area contributed by atoms with E-state index in [2.05, 4.69) is 31.1 Å². The van der Waals surface area contributed by atoms with Gasteiger partial charge in [-0.05, 0) is 15.9 Å². The Labute approximate surface area is 82.1 Å². The molecule has 2 aromatic heterocycles. The number of hydrogen-bond donors (Lipinski definition) is 1. The zero-order valence-electron chi connectivity index (χ0n) is 6.44. The van der Waals surface area contributed by atoms with Gasteiger partial charge in [-0.25, -0.2) is 9.97 Å². The van der Waals surface area contributed by atoms with Crippen molar-refractivity contribution in [1.29, 1.82) is 0 Å². The lowest BCUT2D eigenvalue weighted by Gasteiger charge is -1.94. The molecule has 0 atom stereocenters. The van der Waals surface area contributed by atoms with Crippen molar-refractivity contribution in [2.24, 2.45) is 0 Å². The molecule has 0 unspecified atom stereocenters. The van der Waals surface area contributed by atoms with Crippen LogP contribution in [0.5, 0.6) is 0 Å². The summed E-state index contributed by atoms with van der Waals surface area (Å²) >= 11 is 3.22. The van der Waals surface area contributed by atoms with Crippen molar-refractivity contribution in [3.8, 4) is 11.6 Å². The number of nitrogens with two attached hydrogens (primary N) is 1. The van der Waals surface area contributed by atoms with E-state index >= 15 is 0 Å². The second-order valence-corrected chi connectivity index (χ2v) is 3.25. The van der Waals surface area contributed by atoms with Crippen LogP contribution in [0.25, 0.3) is 11.6 Å². The van der Waals surface area contributed by atoms with E-state index in [0.717, 1.165) is 4.47 Å². The van der Waals surface area contributed by atoms with Crippen molar-refractivity contribution in [3.63, 3.8) is 0 Å². The van der Waals surface area contributed by atoms with E-state index in [4.69, 9.17) is 10.3 Å². The average Bonchev–Trinajstić information content (AvgIpc) is 2.53. The third-order valence-corrected chi connectivity index (χ3v) is 1.83. The van der Waals surface area contributed by atoms with E-state index in [1.54, 1.807) is 12.4 Å². The molecule has 6 heteroatoms. The predicted octanol–water partition coefficient (Wildman–Crippen LogP) is 1.48. The molecular weight excluding hydrogens is 236 g/mol. The van der Waals surface area contributed by atoms with Crippen LogP contribution in [0.3, 0.4) is 0 Å². The predicted molar refractivity (Wildman–Crippen MR) is 49.6 cm³/mol. The lowest BCUT2D eigenvalue weighted by Crippen LogP contribution is -1.90. The summed E-state index contributed by atoms with van der Waals surface area (Å²) in [6.45, 7) is 0. The van der Waals surface area contributed by atoms with Crippen molar-refractivity contribution < 1.29 is 4.52 Å². The lowest BCUT2D eigenvalue weighted by molar-refractivity contribution is 0.430. The highest BCUT2D eigenvalue weighted by Crippen LogP contribution is 2.21. The van der Waals surface area contributed by atoms with Crippen LogP contribution in [-0.2, 0) is 0 Å². The van der Waals surface area contributed by atoms with Crippen LogP contribution >= 0.6 is 15.9 Å². The van der Waals surface area contributed by atoms with Crippen LogP contribution in [0.15, 0.2) is 27.6 Å². The van der Waals surface area contributed by atoms with Gasteiger partial charge in [0.05, 0.1) is 10.7 Å². The molecule has 2 rings (SSSR count). The molecule has 0 aliphatic heterocycles. The largest absolute Gasteiger partial charge is 0.394 e. The van der Waals surface area contributed by atoms with E-state index in [0.29, 0.717) is 17.3 Å². The molecule has 0 radical (unpaired) electrons. The fourth-order valence-corrected chi connectivity index (χ4v) is 1.05. The highest BCUT2D eigenvalue weighted by atomic mass is 79.9. The Balaban J connectivity index is 2.47. The van der Waals surface area contributed by atoms with Gasteiger partial charge in [-0.2, -0.15) is 0 Å². The summed E-state index contributed by atoms with van der Waals surface area (Å²) in [4.78, 5) is 8.02. The second kappa shape index (κ2) is 3.14. The summed E-state index contributed by atoms with van der Waals surface area (Å²) in [6.07, 6.45) is 4.65. The Morgan fingerprint density at radius 1 is 1.23 bits per heavy atom. The molecule has 0 fully saturated rings. The molecule has 2 aromatic rings. The number of aromatic nitrogens is 3. The van der Waals surface area contributed by atoms with Crippen LogP contribution in [-0.4, -0.2) is 15.1 Å². The van der Waals surface area contributed by atoms with E-state index in [1.165, 1.54) is 6.20 Å². The minimum absolute atomic E-state index is 0.396. The third-order valence-electron chi connectivity index (χ3n) is 1.42. The summed E-state index contributed by atoms with van der Waals surface area (Å²) in [5.41, 5.74) is 6.00. The van der Waals surface area contributed by atoms with Crippen LogP contribution < -0.4 is 5.73 Å². The third kappa shape index (κ3) is 1.52. The minimum atomic E-state index is 0.396. The van der Waals surface area contributed by atoms with Gasteiger partial charge in [-0.1, -0.05) is 5.16 Å². The van der Waals surface area contributed by atoms with Crippen molar-refractivity contribution >= 4 is 21.6 Å². The summed E-state index contributed by atoms with van der Waals surface area (Å²) < 4.78 is 5.68. The molecule has 2 heterocycles. The Morgan fingerprint density at radius 2 is 1.92 bits per heavy atom. The Hall–Kier alpha value is -1.43. The number of nitrogen functional groups attached to an aromatic ring is 1. The maximum atomic E-state index is 5.56. The SMILES string of the molecule is Nc1cnoc1-c1ncc(Br)cn1. The molecule has 0 aliphatic carbocycles. The highest BCUT2D eigenvalue weighted by Gasteiger charge is 2.09. The van der Waals surface area contributed by atoms with Crippen LogP contribution in [0.4, 0.5) is 5.69 Å². The molecule has 0 saturated heterocycles. The summed E-state index contributed by atoms with van der Waals surface area (Å²) in [7, 11) is 0. The number of anilines is 1. The monoisotopic (exact) mass is 240 g/mol. The van der Waals surface area contributed by atoms with Gasteiger partial charge in [0.1, 0.15) is 5.69 Å². The summed E-state index contributed by atoms with van der Waals surface area (Å²) in [5, 5.41) is 3.53. The van der Waals surface area contributed by atoms with E-state index in [9.17, 15) is 0 Å². The van der Waals surface area contributed by atoms with Gasteiger partial charge in [-0.3, -0.25) is 0 Å². The molecule has 0 bridgehead atoms. The van der Waals surface area contributed by atoms with E-state index in [1.807, 2.05) is 0 Å². The normalized spacial score (nSPS) is 10.2. The molecule has 13 heavy (non-hydrogen) atoms. The molecular formula is C7H5BrN4O. The topological polar surface area (TPSA) is 77.8 Å². The molecule has 2 N–H and O–H groups in total. The first-order valence-electron chi connectivity index (χ1n) is 3.45. The van der Waals surface area contributed by atoms with E-state index < -0.39 is 0 Å². The molecule has 0 aromatic carbocycles. The Bertz CT molecular complexity index is 411. The maximum absolute atomic E-state index is 5.56. The van der Waals surface area contributed by atoms with Gasteiger partial charge < -0.3 is 10.3 Å². The van der Waals surface area contributed by atoms with Gasteiger partial charge in [0, 0.05) is 12.4 Å². The van der Waals surface area contributed by atoms with Crippen LogP contribution in [0, 0.1) is 0 Å². The lowest BCUT2D eigenvalue weighted by atomic mass is 10.4. The number of nitrogens with zero attached hydrogens (tertiary/aromatic N) is 3. The van der Waals surface area contributed by atoms with E-state index in [-0.39, 0.29) is 0 Å². The zero-order chi connectivity index (χ0) is 9.26. The van der Waals surface area contributed by atoms with Crippen LogP contribution in [0.2, 0.25) is 0 Å². The van der Waals surface area contributed by atoms with Gasteiger partial charge in [0.15, 0.2) is 0 Å². The fraction of sp³-hybridized carbons (Fsp3) is 0. The second-order valence-electron chi connectivity index (χ2n) is 2.34. The Kier molecular flexibility index (Phi) is 1.97. The molecule has 5 nitrogen and oxygen atoms in total. The zero-order valence-corrected chi connectivity index (χ0v) is 8.02. The highest BCUT2D eigenvalue weighted by molar-refractivity contribution is 9.10.